The largest absolute Gasteiger partial charge is 0.356 e. The lowest BCUT2D eigenvalue weighted by Gasteiger charge is -2.10. The van der Waals surface area contributed by atoms with Gasteiger partial charge in [0.05, 0.1) is 17.5 Å². The Bertz CT molecular complexity index is 1120. The van der Waals surface area contributed by atoms with Crippen molar-refractivity contribution in [3.05, 3.63) is 64.9 Å². The van der Waals surface area contributed by atoms with Crippen molar-refractivity contribution in [2.24, 2.45) is 0 Å². The lowest BCUT2D eigenvalue weighted by atomic mass is 10.0. The van der Waals surface area contributed by atoms with Gasteiger partial charge in [-0.25, -0.2) is 4.98 Å². The molecule has 0 radical (unpaired) electrons. The smallest absolute Gasteiger partial charge is 0.224 e. The molecule has 0 bridgehead atoms. The SMILES string of the molecule is CCCCCCCCCCCCCCCCCCn1c(CCCNC(=O)Cc2ccccc2Cl)nc2ccccc21. The minimum Gasteiger partial charge on any atom is -0.356 e. The number of hydrogen-bond donors (Lipinski definition) is 1. The van der Waals surface area contributed by atoms with Crippen molar-refractivity contribution in [3.8, 4) is 0 Å². The first-order chi connectivity index (χ1) is 20.2. The fourth-order valence-electron chi connectivity index (χ4n) is 5.74. The van der Waals surface area contributed by atoms with Crippen LogP contribution in [0.15, 0.2) is 48.5 Å². The minimum atomic E-state index is 0.0137. The number of carbonyl (C=O) groups is 1. The van der Waals surface area contributed by atoms with Gasteiger partial charge in [0.25, 0.3) is 0 Å². The molecular formula is C36H54ClN3O. The van der Waals surface area contributed by atoms with E-state index in [1.165, 1.54) is 108 Å². The number of nitrogens with one attached hydrogen (secondary N) is 1. The van der Waals surface area contributed by atoms with Gasteiger partial charge in [-0.3, -0.25) is 4.79 Å². The van der Waals surface area contributed by atoms with E-state index in [1.807, 2.05) is 24.3 Å². The summed E-state index contributed by atoms with van der Waals surface area (Å²) in [4.78, 5) is 17.3. The van der Waals surface area contributed by atoms with Gasteiger partial charge in [0.15, 0.2) is 0 Å². The molecule has 0 atom stereocenters. The Morgan fingerprint density at radius 3 is 1.93 bits per heavy atom. The summed E-state index contributed by atoms with van der Waals surface area (Å²) in [5, 5.41) is 3.69. The second-order valence-corrected chi connectivity index (χ2v) is 12.1. The molecule has 1 amide bonds. The summed E-state index contributed by atoms with van der Waals surface area (Å²) in [6.45, 7) is 3.96. The maximum atomic E-state index is 12.4. The van der Waals surface area contributed by atoms with Crippen LogP contribution in [0, 0.1) is 0 Å². The van der Waals surface area contributed by atoms with E-state index in [-0.39, 0.29) is 5.91 Å². The van der Waals surface area contributed by atoms with Gasteiger partial charge in [0.2, 0.25) is 5.91 Å². The molecule has 0 unspecified atom stereocenters. The molecule has 0 aliphatic rings. The Morgan fingerprint density at radius 2 is 1.29 bits per heavy atom. The highest BCUT2D eigenvalue weighted by Crippen LogP contribution is 2.20. The third-order valence-corrected chi connectivity index (χ3v) is 8.55. The molecule has 4 nitrogen and oxygen atoms in total. The monoisotopic (exact) mass is 579 g/mol. The van der Waals surface area contributed by atoms with Gasteiger partial charge in [-0.1, -0.05) is 145 Å². The van der Waals surface area contributed by atoms with E-state index in [0.717, 1.165) is 36.3 Å². The average Bonchev–Trinajstić information content (AvgIpc) is 3.33. The number of hydrogen-bond acceptors (Lipinski definition) is 2. The Morgan fingerprint density at radius 1 is 0.732 bits per heavy atom. The van der Waals surface area contributed by atoms with Gasteiger partial charge < -0.3 is 9.88 Å². The molecule has 1 N–H and O–H groups in total. The van der Waals surface area contributed by atoms with Crippen molar-refractivity contribution in [3.63, 3.8) is 0 Å². The number of amides is 1. The lowest BCUT2D eigenvalue weighted by Crippen LogP contribution is -2.26. The summed E-state index contributed by atoms with van der Waals surface area (Å²) in [5.41, 5.74) is 3.17. The van der Waals surface area contributed by atoms with E-state index in [0.29, 0.717) is 18.0 Å². The van der Waals surface area contributed by atoms with Gasteiger partial charge >= 0.3 is 0 Å². The number of unbranched alkanes of at least 4 members (excludes halogenated alkanes) is 15. The van der Waals surface area contributed by atoms with Crippen LogP contribution in [0.5, 0.6) is 0 Å². The summed E-state index contributed by atoms with van der Waals surface area (Å²) in [6.07, 6.45) is 24.3. The lowest BCUT2D eigenvalue weighted by molar-refractivity contribution is -0.120. The third-order valence-electron chi connectivity index (χ3n) is 8.18. The minimum absolute atomic E-state index is 0.0137. The van der Waals surface area contributed by atoms with Crippen LogP contribution in [0.3, 0.4) is 0 Å². The average molecular weight is 580 g/mol. The number of nitrogens with zero attached hydrogens (tertiary/aromatic N) is 2. The van der Waals surface area contributed by atoms with Crippen LogP contribution in [0.25, 0.3) is 11.0 Å². The van der Waals surface area contributed by atoms with Gasteiger partial charge in [0.1, 0.15) is 5.82 Å². The molecule has 0 fully saturated rings. The molecule has 1 heterocycles. The van der Waals surface area contributed by atoms with Gasteiger partial charge in [-0.15, -0.1) is 0 Å². The van der Waals surface area contributed by atoms with E-state index in [4.69, 9.17) is 16.6 Å². The second-order valence-electron chi connectivity index (χ2n) is 11.7. The first-order valence-electron chi connectivity index (χ1n) is 16.6. The molecule has 0 saturated heterocycles. The van der Waals surface area contributed by atoms with E-state index >= 15 is 0 Å². The molecule has 5 heteroatoms. The number of aryl methyl sites for hydroxylation is 2. The Balaban J connectivity index is 1.27. The van der Waals surface area contributed by atoms with Crippen molar-refractivity contribution in [2.75, 3.05) is 6.54 Å². The Labute approximate surface area is 254 Å². The van der Waals surface area contributed by atoms with Crippen molar-refractivity contribution in [1.29, 1.82) is 0 Å². The number of halogens is 1. The molecule has 3 rings (SSSR count). The van der Waals surface area contributed by atoms with Crippen molar-refractivity contribution < 1.29 is 4.79 Å². The molecule has 0 aliphatic carbocycles. The van der Waals surface area contributed by atoms with Crippen LogP contribution in [-0.4, -0.2) is 22.0 Å². The van der Waals surface area contributed by atoms with Crippen molar-refractivity contribution in [2.45, 2.75) is 135 Å². The van der Waals surface area contributed by atoms with E-state index in [2.05, 4.69) is 41.1 Å². The summed E-state index contributed by atoms with van der Waals surface area (Å²) in [7, 11) is 0. The van der Waals surface area contributed by atoms with Crippen LogP contribution < -0.4 is 5.32 Å². The normalized spacial score (nSPS) is 11.4. The number of imidazole rings is 1. The van der Waals surface area contributed by atoms with Crippen molar-refractivity contribution in [1.82, 2.24) is 14.9 Å². The fourth-order valence-corrected chi connectivity index (χ4v) is 5.94. The second kappa shape index (κ2) is 20.5. The van der Waals surface area contributed by atoms with Crippen molar-refractivity contribution >= 4 is 28.5 Å². The first-order valence-corrected chi connectivity index (χ1v) is 17.0. The fraction of sp³-hybridized carbons (Fsp3) is 0.611. The number of para-hydroxylation sites is 2. The first kappa shape index (κ1) is 33.2. The summed E-state index contributed by atoms with van der Waals surface area (Å²) in [5.74, 6) is 1.15. The maximum Gasteiger partial charge on any atom is 0.224 e. The van der Waals surface area contributed by atoms with Crippen LogP contribution >= 0.6 is 11.6 Å². The standard InChI is InChI=1S/C36H54ClN3O/c1-2-3-4-5-6-7-8-9-10-11-12-13-14-15-16-21-29-40-34-26-20-19-25-33(34)39-35(40)27-22-28-38-36(41)30-31-23-17-18-24-32(31)37/h17-20,23-26H,2-16,21-22,27-30H2,1H3,(H,38,41). The molecule has 0 spiro atoms. The molecule has 41 heavy (non-hydrogen) atoms. The zero-order chi connectivity index (χ0) is 29.0. The number of fused-ring (bicyclic) bond motifs is 1. The molecule has 0 saturated carbocycles. The Hall–Kier alpha value is -2.33. The maximum absolute atomic E-state index is 12.4. The van der Waals surface area contributed by atoms with E-state index in [9.17, 15) is 4.79 Å². The predicted octanol–water partition coefficient (Wildman–Crippen LogP) is 10.2. The molecule has 226 valence electrons. The molecule has 1 aromatic heterocycles. The van der Waals surface area contributed by atoms with Crippen LogP contribution in [0.2, 0.25) is 5.02 Å². The summed E-state index contributed by atoms with van der Waals surface area (Å²) < 4.78 is 2.41. The van der Waals surface area contributed by atoms with Gasteiger partial charge in [-0.05, 0) is 36.6 Å². The van der Waals surface area contributed by atoms with Crippen LogP contribution in [0.1, 0.15) is 127 Å². The zero-order valence-corrected chi connectivity index (χ0v) is 26.4. The number of carbonyl (C=O) groups excluding carboxylic acids is 1. The molecule has 3 aromatic rings. The third kappa shape index (κ3) is 13.0. The molecular weight excluding hydrogens is 526 g/mol. The van der Waals surface area contributed by atoms with E-state index in [1.54, 1.807) is 0 Å². The van der Waals surface area contributed by atoms with Gasteiger partial charge in [0, 0.05) is 24.5 Å². The van der Waals surface area contributed by atoms with Crippen LogP contribution in [-0.2, 0) is 24.2 Å². The molecule has 0 aliphatic heterocycles. The van der Waals surface area contributed by atoms with E-state index < -0.39 is 0 Å². The quantitative estimate of drug-likeness (QED) is 0.114. The highest BCUT2D eigenvalue weighted by molar-refractivity contribution is 6.31. The number of benzene rings is 2. The highest BCUT2D eigenvalue weighted by atomic mass is 35.5. The Kier molecular flexibility index (Phi) is 16.6. The zero-order valence-electron chi connectivity index (χ0n) is 25.6. The topological polar surface area (TPSA) is 46.9 Å². The van der Waals surface area contributed by atoms with Gasteiger partial charge in [-0.2, -0.15) is 0 Å². The van der Waals surface area contributed by atoms with Crippen LogP contribution in [0.4, 0.5) is 0 Å². The summed E-state index contributed by atoms with van der Waals surface area (Å²) in [6, 6.07) is 16.0. The molecule has 2 aromatic carbocycles. The summed E-state index contributed by atoms with van der Waals surface area (Å²) >= 11 is 6.20. The highest BCUT2D eigenvalue weighted by Gasteiger charge is 2.11. The number of aromatic nitrogens is 2. The predicted molar refractivity (Wildman–Crippen MR) is 176 cm³/mol. The number of rotatable bonds is 23.